The van der Waals surface area contributed by atoms with Crippen molar-refractivity contribution in [2.24, 2.45) is 4.99 Å². The SMILES string of the molecule is CN=C(NCCc1cccc(C(=O)NC)c1)NCc1cccc(OCc2ccccc2)c1. The minimum atomic E-state index is -0.0766. The Bertz CT molecular complexity index is 1030. The molecular weight excluding hydrogens is 400 g/mol. The van der Waals surface area contributed by atoms with Gasteiger partial charge < -0.3 is 20.7 Å². The van der Waals surface area contributed by atoms with Gasteiger partial charge >= 0.3 is 0 Å². The molecule has 6 nitrogen and oxygen atoms in total. The third-order valence-electron chi connectivity index (χ3n) is 4.95. The van der Waals surface area contributed by atoms with Crippen LogP contribution in [0.1, 0.15) is 27.0 Å². The zero-order valence-electron chi connectivity index (χ0n) is 18.6. The van der Waals surface area contributed by atoms with Gasteiger partial charge in [0.05, 0.1) is 0 Å². The molecule has 32 heavy (non-hydrogen) atoms. The molecule has 3 aromatic carbocycles. The predicted octanol–water partition coefficient (Wildman–Crippen LogP) is 3.53. The number of aliphatic imine (C=N–C) groups is 1. The third-order valence-corrected chi connectivity index (χ3v) is 4.95. The molecule has 3 rings (SSSR count). The van der Waals surface area contributed by atoms with E-state index < -0.39 is 0 Å². The van der Waals surface area contributed by atoms with Gasteiger partial charge in [0.1, 0.15) is 12.4 Å². The molecule has 0 aliphatic carbocycles. The molecule has 3 aromatic rings. The Morgan fingerprint density at radius 1 is 0.875 bits per heavy atom. The average Bonchev–Trinajstić information content (AvgIpc) is 2.85. The Balaban J connectivity index is 1.46. The molecule has 0 radical (unpaired) electrons. The van der Waals surface area contributed by atoms with Crippen molar-refractivity contribution < 1.29 is 9.53 Å². The van der Waals surface area contributed by atoms with Gasteiger partial charge in [-0.25, -0.2) is 0 Å². The first-order valence-corrected chi connectivity index (χ1v) is 10.7. The smallest absolute Gasteiger partial charge is 0.251 e. The largest absolute Gasteiger partial charge is 0.489 e. The van der Waals surface area contributed by atoms with Crippen molar-refractivity contribution in [3.8, 4) is 5.75 Å². The molecule has 0 atom stereocenters. The Hall–Kier alpha value is -3.80. The first-order chi connectivity index (χ1) is 15.7. The van der Waals surface area contributed by atoms with Gasteiger partial charge in [0.25, 0.3) is 5.91 Å². The number of hydrogen-bond acceptors (Lipinski definition) is 3. The number of guanidine groups is 1. The first kappa shape index (κ1) is 22.9. The van der Waals surface area contributed by atoms with E-state index in [4.69, 9.17) is 4.74 Å². The highest BCUT2D eigenvalue weighted by molar-refractivity contribution is 5.94. The second kappa shape index (κ2) is 12.2. The van der Waals surface area contributed by atoms with E-state index in [2.05, 4.69) is 39.1 Å². The van der Waals surface area contributed by atoms with Crippen LogP contribution in [-0.2, 0) is 19.6 Å². The first-order valence-electron chi connectivity index (χ1n) is 10.7. The van der Waals surface area contributed by atoms with Gasteiger partial charge in [-0.05, 0) is 47.4 Å². The van der Waals surface area contributed by atoms with Gasteiger partial charge in [-0.15, -0.1) is 0 Å². The zero-order chi connectivity index (χ0) is 22.6. The highest BCUT2D eigenvalue weighted by atomic mass is 16.5. The maximum absolute atomic E-state index is 11.8. The van der Waals surface area contributed by atoms with Crippen molar-refractivity contribution in [1.29, 1.82) is 0 Å². The van der Waals surface area contributed by atoms with Crippen LogP contribution in [0.2, 0.25) is 0 Å². The van der Waals surface area contributed by atoms with Gasteiger partial charge in [0, 0.05) is 32.7 Å². The number of amides is 1. The van der Waals surface area contributed by atoms with Crippen LogP contribution in [0.4, 0.5) is 0 Å². The number of carbonyl (C=O) groups is 1. The molecule has 3 N–H and O–H groups in total. The number of nitrogens with one attached hydrogen (secondary N) is 3. The molecule has 0 saturated heterocycles. The lowest BCUT2D eigenvalue weighted by atomic mass is 10.1. The van der Waals surface area contributed by atoms with Crippen LogP contribution in [-0.4, -0.2) is 32.5 Å². The zero-order valence-corrected chi connectivity index (χ0v) is 18.6. The Kier molecular flexibility index (Phi) is 8.69. The van der Waals surface area contributed by atoms with Crippen LogP contribution in [0.25, 0.3) is 0 Å². The van der Waals surface area contributed by atoms with Gasteiger partial charge in [-0.3, -0.25) is 9.79 Å². The van der Waals surface area contributed by atoms with Crippen molar-refractivity contribution in [2.75, 3.05) is 20.6 Å². The molecule has 0 saturated carbocycles. The summed E-state index contributed by atoms with van der Waals surface area (Å²) in [5, 5.41) is 9.30. The highest BCUT2D eigenvalue weighted by Gasteiger charge is 2.05. The van der Waals surface area contributed by atoms with E-state index >= 15 is 0 Å². The highest BCUT2D eigenvalue weighted by Crippen LogP contribution is 2.15. The Morgan fingerprint density at radius 3 is 2.41 bits per heavy atom. The number of carbonyl (C=O) groups excluding carboxylic acids is 1. The molecule has 166 valence electrons. The average molecular weight is 431 g/mol. The Labute approximate surface area is 189 Å². The molecule has 6 heteroatoms. The van der Waals surface area contributed by atoms with Crippen LogP contribution in [0.5, 0.6) is 5.75 Å². The summed E-state index contributed by atoms with van der Waals surface area (Å²) in [6, 6.07) is 25.8. The summed E-state index contributed by atoms with van der Waals surface area (Å²) in [5.41, 5.74) is 4.01. The number of rotatable bonds is 9. The van der Waals surface area contributed by atoms with E-state index in [0.29, 0.717) is 25.3 Å². The normalized spacial score (nSPS) is 11.0. The van der Waals surface area contributed by atoms with Crippen molar-refractivity contribution in [2.45, 2.75) is 19.6 Å². The van der Waals surface area contributed by atoms with E-state index in [0.717, 1.165) is 34.8 Å². The number of nitrogens with zero attached hydrogens (tertiary/aromatic N) is 1. The van der Waals surface area contributed by atoms with Gasteiger partial charge in [-0.1, -0.05) is 54.6 Å². The molecule has 0 heterocycles. The summed E-state index contributed by atoms with van der Waals surface area (Å²) in [5.74, 6) is 1.49. The number of hydrogen-bond donors (Lipinski definition) is 3. The minimum absolute atomic E-state index is 0.0766. The van der Waals surface area contributed by atoms with Crippen molar-refractivity contribution in [3.63, 3.8) is 0 Å². The van der Waals surface area contributed by atoms with Gasteiger partial charge in [-0.2, -0.15) is 0 Å². The third kappa shape index (κ3) is 7.16. The van der Waals surface area contributed by atoms with Crippen molar-refractivity contribution >= 4 is 11.9 Å². The molecule has 0 fully saturated rings. The topological polar surface area (TPSA) is 74.8 Å². The van der Waals surface area contributed by atoms with Crippen LogP contribution >= 0.6 is 0 Å². The summed E-state index contributed by atoms with van der Waals surface area (Å²) in [4.78, 5) is 16.1. The monoisotopic (exact) mass is 430 g/mol. The summed E-state index contributed by atoms with van der Waals surface area (Å²) in [7, 11) is 3.39. The van der Waals surface area contributed by atoms with Gasteiger partial charge in [0.15, 0.2) is 5.96 Å². The second-order valence-corrected chi connectivity index (χ2v) is 7.30. The molecular formula is C26H30N4O2. The van der Waals surface area contributed by atoms with Crippen LogP contribution in [0.3, 0.4) is 0 Å². The van der Waals surface area contributed by atoms with Crippen LogP contribution in [0, 0.1) is 0 Å². The van der Waals surface area contributed by atoms with E-state index in [1.54, 1.807) is 14.1 Å². The lowest BCUT2D eigenvalue weighted by molar-refractivity contribution is 0.0963. The lowest BCUT2D eigenvalue weighted by Gasteiger charge is -2.13. The minimum Gasteiger partial charge on any atom is -0.489 e. The maximum Gasteiger partial charge on any atom is 0.251 e. The molecule has 0 aliphatic rings. The molecule has 0 aliphatic heterocycles. The van der Waals surface area contributed by atoms with E-state index in [-0.39, 0.29) is 5.91 Å². The molecule has 0 bridgehead atoms. The standard InChI is InChI=1S/C26H30N4O2/c1-27-25(31)23-12-6-10-20(16-23)14-15-29-26(28-2)30-18-22-11-7-13-24(17-22)32-19-21-8-4-3-5-9-21/h3-13,16-17H,14-15,18-19H2,1-2H3,(H,27,31)(H2,28,29,30). The molecule has 1 amide bonds. The maximum atomic E-state index is 11.8. The second-order valence-electron chi connectivity index (χ2n) is 7.30. The van der Waals surface area contributed by atoms with Crippen LogP contribution in [0.15, 0.2) is 83.9 Å². The van der Waals surface area contributed by atoms with Crippen LogP contribution < -0.4 is 20.7 Å². The fourth-order valence-corrected chi connectivity index (χ4v) is 3.23. The van der Waals surface area contributed by atoms with Crippen molar-refractivity contribution in [1.82, 2.24) is 16.0 Å². The molecule has 0 aromatic heterocycles. The summed E-state index contributed by atoms with van der Waals surface area (Å²) < 4.78 is 5.91. The number of benzene rings is 3. The lowest BCUT2D eigenvalue weighted by Crippen LogP contribution is -2.37. The fraction of sp³-hybridized carbons (Fsp3) is 0.231. The van der Waals surface area contributed by atoms with E-state index in [1.807, 2.05) is 60.7 Å². The van der Waals surface area contributed by atoms with Gasteiger partial charge in [0.2, 0.25) is 0 Å². The van der Waals surface area contributed by atoms with E-state index in [1.165, 1.54) is 0 Å². The Morgan fingerprint density at radius 2 is 1.62 bits per heavy atom. The predicted molar refractivity (Wildman–Crippen MR) is 129 cm³/mol. The summed E-state index contributed by atoms with van der Waals surface area (Å²) >= 11 is 0. The molecule has 0 spiro atoms. The van der Waals surface area contributed by atoms with E-state index in [9.17, 15) is 4.79 Å². The van der Waals surface area contributed by atoms with Crippen molar-refractivity contribution in [3.05, 3.63) is 101 Å². The molecule has 0 unspecified atom stereocenters. The quantitative estimate of drug-likeness (QED) is 0.359. The number of ether oxygens (including phenoxy) is 1. The summed E-state index contributed by atoms with van der Waals surface area (Å²) in [6.07, 6.45) is 0.786. The fourth-order valence-electron chi connectivity index (χ4n) is 3.23. The summed E-state index contributed by atoms with van der Waals surface area (Å²) in [6.45, 7) is 1.88.